The third-order valence-corrected chi connectivity index (χ3v) is 7.61. The zero-order chi connectivity index (χ0) is 27.9. The number of hydrogen-bond acceptors (Lipinski definition) is 8. The molecular weight excluding hydrogens is 534 g/mol. The minimum Gasteiger partial charge on any atom is -0.354 e. The highest BCUT2D eigenvalue weighted by Gasteiger charge is 2.36. The number of imidazole rings is 1. The van der Waals surface area contributed by atoms with Gasteiger partial charge in [0.05, 0.1) is 11.0 Å². The molecule has 9 nitrogen and oxygen atoms in total. The maximum Gasteiger partial charge on any atom is 0.449 e. The summed E-state index contributed by atoms with van der Waals surface area (Å²) in [4.78, 5) is 18.1. The first-order valence-corrected chi connectivity index (χ1v) is 13.2. The summed E-state index contributed by atoms with van der Waals surface area (Å²) in [6, 6.07) is 8.61. The first-order valence-electron chi connectivity index (χ1n) is 12.4. The third kappa shape index (κ3) is 5.81. The lowest BCUT2D eigenvalue weighted by Crippen LogP contribution is -2.55. The van der Waals surface area contributed by atoms with Crippen molar-refractivity contribution in [3.8, 4) is 0 Å². The van der Waals surface area contributed by atoms with Gasteiger partial charge in [-0.05, 0) is 50.7 Å². The van der Waals surface area contributed by atoms with Crippen LogP contribution in [0.5, 0.6) is 0 Å². The number of H-pyrrole nitrogens is 1. The topological polar surface area (TPSA) is 90.8 Å². The fourth-order valence-electron chi connectivity index (χ4n) is 4.52. The largest absolute Gasteiger partial charge is 0.449 e. The average molecular weight is 568 g/mol. The fourth-order valence-corrected chi connectivity index (χ4v) is 5.32. The van der Waals surface area contributed by atoms with Crippen molar-refractivity contribution in [1.29, 1.82) is 0 Å². The lowest BCUT2D eigenvalue weighted by Gasteiger charge is -2.43. The van der Waals surface area contributed by atoms with Crippen LogP contribution in [-0.4, -0.2) is 73.0 Å². The SMILES string of the molecule is Cc1cc(Nc2cc(N3CCN(C(C)(C)CF)CC3)nc(Sc3ccc4nc(C(F)(F)F)n(C)c4c3)n2)n[nH]1.[HH].[HH]. The number of nitrogens with zero attached hydrogens (tertiary/aromatic N) is 7. The van der Waals surface area contributed by atoms with Crippen molar-refractivity contribution in [3.63, 3.8) is 0 Å². The van der Waals surface area contributed by atoms with Gasteiger partial charge < -0.3 is 14.8 Å². The standard InChI is InChI=1S/C25H29F4N9S.2H2/c1-15-11-20(35-34-15)31-19-13-21(37-7-9-38(10-8-37)24(2,3)14-26)33-23(32-19)39-16-5-6-17-18(12-16)36(4)22(30-17)25(27,28)29;;/h5-6,11-13H,7-10,14H2,1-4H3,(H2,31,32,33,34,35);2*1H. The van der Waals surface area contributed by atoms with E-state index in [1.807, 2.05) is 32.9 Å². The summed E-state index contributed by atoms with van der Waals surface area (Å²) in [5.74, 6) is 0.870. The fraction of sp³-hybridized carbons (Fsp3) is 0.440. The van der Waals surface area contributed by atoms with Crippen LogP contribution >= 0.6 is 11.8 Å². The molecular formula is C25H33F4N9S. The molecule has 39 heavy (non-hydrogen) atoms. The van der Waals surface area contributed by atoms with Gasteiger partial charge in [-0.25, -0.2) is 19.3 Å². The van der Waals surface area contributed by atoms with E-state index in [-0.39, 0.29) is 8.37 Å². The molecule has 5 rings (SSSR count). The Balaban J connectivity index is 0.00000231. The molecule has 1 aromatic carbocycles. The average Bonchev–Trinajstić information content (AvgIpc) is 3.46. The van der Waals surface area contributed by atoms with E-state index in [9.17, 15) is 17.6 Å². The van der Waals surface area contributed by atoms with Crippen LogP contribution in [0.3, 0.4) is 0 Å². The minimum absolute atomic E-state index is 0. The summed E-state index contributed by atoms with van der Waals surface area (Å²) in [5, 5.41) is 10.7. The molecule has 0 amide bonds. The van der Waals surface area contributed by atoms with E-state index in [0.29, 0.717) is 59.2 Å². The molecule has 4 aromatic rings. The van der Waals surface area contributed by atoms with Crippen LogP contribution in [0.25, 0.3) is 11.0 Å². The van der Waals surface area contributed by atoms with Gasteiger partial charge in [0.15, 0.2) is 11.0 Å². The number of alkyl halides is 4. The second kappa shape index (κ2) is 10.3. The highest BCUT2D eigenvalue weighted by molar-refractivity contribution is 7.99. The first-order chi connectivity index (χ1) is 18.4. The molecule has 0 saturated carbocycles. The molecule has 0 unspecified atom stereocenters. The van der Waals surface area contributed by atoms with Crippen molar-refractivity contribution in [1.82, 2.24) is 34.6 Å². The molecule has 1 aliphatic heterocycles. The van der Waals surface area contributed by atoms with E-state index >= 15 is 0 Å². The summed E-state index contributed by atoms with van der Waals surface area (Å²) in [5.41, 5.74) is 0.977. The predicted octanol–water partition coefficient (Wildman–Crippen LogP) is 5.67. The number of hydrogen-bond donors (Lipinski definition) is 2. The Bertz CT molecular complexity index is 1480. The number of rotatable bonds is 7. The highest BCUT2D eigenvalue weighted by atomic mass is 32.2. The van der Waals surface area contributed by atoms with Crippen molar-refractivity contribution in [3.05, 3.63) is 41.9 Å². The molecule has 212 valence electrons. The summed E-state index contributed by atoms with van der Waals surface area (Å²) in [6.07, 6.45) is -4.55. The van der Waals surface area contributed by atoms with Crippen molar-refractivity contribution in [2.45, 2.75) is 42.5 Å². The van der Waals surface area contributed by atoms with E-state index in [4.69, 9.17) is 4.98 Å². The van der Waals surface area contributed by atoms with Crippen molar-refractivity contribution in [2.75, 3.05) is 43.1 Å². The van der Waals surface area contributed by atoms with E-state index in [0.717, 1.165) is 10.3 Å². The molecule has 3 aromatic heterocycles. The number of fused-ring (bicyclic) bond motifs is 1. The number of anilines is 3. The zero-order valence-electron chi connectivity index (χ0n) is 22.0. The van der Waals surface area contributed by atoms with Crippen LogP contribution in [0.15, 0.2) is 40.4 Å². The molecule has 4 heterocycles. The summed E-state index contributed by atoms with van der Waals surface area (Å²) < 4.78 is 54.6. The summed E-state index contributed by atoms with van der Waals surface area (Å²) in [7, 11) is 1.35. The molecule has 1 saturated heterocycles. The quantitative estimate of drug-likeness (QED) is 0.218. The van der Waals surface area contributed by atoms with Gasteiger partial charge in [-0.2, -0.15) is 18.3 Å². The van der Waals surface area contributed by atoms with Gasteiger partial charge in [0.25, 0.3) is 0 Å². The molecule has 0 aliphatic carbocycles. The van der Waals surface area contributed by atoms with Gasteiger partial charge in [-0.15, -0.1) is 0 Å². The van der Waals surface area contributed by atoms with Crippen LogP contribution in [-0.2, 0) is 13.2 Å². The number of benzene rings is 1. The molecule has 14 heteroatoms. The zero-order valence-corrected chi connectivity index (χ0v) is 22.8. The number of aromatic amines is 1. The Labute approximate surface area is 230 Å². The van der Waals surface area contributed by atoms with Crippen LogP contribution < -0.4 is 10.2 Å². The second-order valence-corrected chi connectivity index (χ2v) is 11.2. The predicted molar refractivity (Wildman–Crippen MR) is 147 cm³/mol. The van der Waals surface area contributed by atoms with E-state index in [1.165, 1.54) is 18.8 Å². The smallest absolute Gasteiger partial charge is 0.354 e. The monoisotopic (exact) mass is 567 g/mol. The van der Waals surface area contributed by atoms with Crippen molar-refractivity contribution < 1.29 is 20.4 Å². The number of aromatic nitrogens is 6. The normalized spacial score (nSPS) is 15.3. The molecule has 0 atom stereocenters. The highest BCUT2D eigenvalue weighted by Crippen LogP contribution is 2.34. The van der Waals surface area contributed by atoms with Crippen molar-refractivity contribution >= 4 is 40.2 Å². The maximum absolute atomic E-state index is 13.5. The molecule has 0 radical (unpaired) electrons. The lowest BCUT2D eigenvalue weighted by atomic mass is 10.0. The van der Waals surface area contributed by atoms with Gasteiger partial charge >= 0.3 is 6.18 Å². The van der Waals surface area contributed by atoms with E-state index in [2.05, 4.69) is 35.3 Å². The number of piperazine rings is 1. The Morgan fingerprint density at radius 1 is 1.03 bits per heavy atom. The molecule has 0 bridgehead atoms. The van der Waals surface area contributed by atoms with Gasteiger partial charge in [0, 0.05) is 64.3 Å². The Kier molecular flexibility index (Phi) is 7.18. The van der Waals surface area contributed by atoms with Gasteiger partial charge in [-0.1, -0.05) is 0 Å². The van der Waals surface area contributed by atoms with Crippen LogP contribution in [0.1, 0.15) is 28.2 Å². The molecule has 1 aliphatic rings. The summed E-state index contributed by atoms with van der Waals surface area (Å²) >= 11 is 1.24. The van der Waals surface area contributed by atoms with Crippen LogP contribution in [0, 0.1) is 6.92 Å². The minimum atomic E-state index is -4.55. The summed E-state index contributed by atoms with van der Waals surface area (Å²) in [6.45, 7) is 7.94. The Morgan fingerprint density at radius 2 is 1.77 bits per heavy atom. The van der Waals surface area contributed by atoms with E-state index in [1.54, 1.807) is 18.2 Å². The second-order valence-electron chi connectivity index (χ2n) is 10.1. The molecule has 2 N–H and O–H groups in total. The van der Waals surface area contributed by atoms with E-state index < -0.39 is 24.2 Å². The van der Waals surface area contributed by atoms with Gasteiger partial charge in [0.2, 0.25) is 5.82 Å². The Morgan fingerprint density at radius 3 is 2.41 bits per heavy atom. The maximum atomic E-state index is 13.5. The van der Waals surface area contributed by atoms with Gasteiger partial charge in [-0.3, -0.25) is 10.00 Å². The first kappa shape index (κ1) is 27.2. The molecule has 1 fully saturated rings. The van der Waals surface area contributed by atoms with Crippen LogP contribution in [0.2, 0.25) is 0 Å². The third-order valence-electron chi connectivity index (χ3n) is 6.76. The number of aryl methyl sites for hydroxylation is 2. The Hall–Kier alpha value is -3.39. The van der Waals surface area contributed by atoms with Crippen LogP contribution in [0.4, 0.5) is 35.0 Å². The van der Waals surface area contributed by atoms with Gasteiger partial charge in [0.1, 0.15) is 18.3 Å². The lowest BCUT2D eigenvalue weighted by molar-refractivity contribution is -0.146. The number of nitrogens with one attached hydrogen (secondary N) is 2. The number of halogens is 4. The molecule has 0 spiro atoms. The van der Waals surface area contributed by atoms with Crippen molar-refractivity contribution in [2.24, 2.45) is 7.05 Å².